The van der Waals surface area contributed by atoms with Gasteiger partial charge in [-0.1, -0.05) is 29.3 Å². The standard InChI is InChI=1S/C15H13Cl2N3/c1-20-14-6-5-11(17)8-13(14)19-15(20)9-18-12-4-2-3-10(16)7-12/h2-8,18H,9H2,1H3. The maximum absolute atomic E-state index is 5.99. The van der Waals surface area contributed by atoms with Crippen molar-refractivity contribution in [2.45, 2.75) is 6.54 Å². The smallest absolute Gasteiger partial charge is 0.128 e. The molecule has 0 aliphatic heterocycles. The molecule has 0 aliphatic carbocycles. The van der Waals surface area contributed by atoms with Crippen LogP contribution < -0.4 is 5.32 Å². The van der Waals surface area contributed by atoms with Gasteiger partial charge < -0.3 is 9.88 Å². The molecule has 0 atom stereocenters. The molecule has 0 bridgehead atoms. The van der Waals surface area contributed by atoms with Crippen molar-refractivity contribution in [2.24, 2.45) is 7.05 Å². The van der Waals surface area contributed by atoms with Crippen LogP contribution in [0, 0.1) is 0 Å². The monoisotopic (exact) mass is 305 g/mol. The molecule has 5 heteroatoms. The van der Waals surface area contributed by atoms with Crippen LogP contribution in [0.25, 0.3) is 11.0 Å². The molecule has 0 amide bonds. The summed E-state index contributed by atoms with van der Waals surface area (Å²) in [6.07, 6.45) is 0. The number of rotatable bonds is 3. The number of hydrogen-bond donors (Lipinski definition) is 1. The minimum atomic E-state index is 0.628. The van der Waals surface area contributed by atoms with Crippen molar-refractivity contribution in [3.8, 4) is 0 Å². The molecule has 0 spiro atoms. The molecule has 102 valence electrons. The summed E-state index contributed by atoms with van der Waals surface area (Å²) in [6.45, 7) is 0.628. The third-order valence-corrected chi connectivity index (χ3v) is 3.68. The van der Waals surface area contributed by atoms with Crippen molar-refractivity contribution < 1.29 is 0 Å². The first-order valence-corrected chi connectivity index (χ1v) is 6.99. The number of fused-ring (bicyclic) bond motifs is 1. The second-order valence-electron chi connectivity index (χ2n) is 4.58. The van der Waals surface area contributed by atoms with E-state index in [1.165, 1.54) is 0 Å². The van der Waals surface area contributed by atoms with Gasteiger partial charge in [-0.25, -0.2) is 4.98 Å². The van der Waals surface area contributed by atoms with Gasteiger partial charge >= 0.3 is 0 Å². The summed E-state index contributed by atoms with van der Waals surface area (Å²) < 4.78 is 2.06. The number of halogens is 2. The summed E-state index contributed by atoms with van der Waals surface area (Å²) in [5.74, 6) is 0.947. The maximum Gasteiger partial charge on any atom is 0.128 e. The molecule has 0 radical (unpaired) electrons. The Hall–Kier alpha value is -1.71. The molecule has 0 saturated heterocycles. The molecule has 3 aromatic rings. The van der Waals surface area contributed by atoms with Crippen LogP contribution >= 0.6 is 23.2 Å². The molecule has 1 aromatic heterocycles. The lowest BCUT2D eigenvalue weighted by molar-refractivity contribution is 0.834. The number of imidazole rings is 1. The molecule has 1 N–H and O–H groups in total. The lowest BCUT2D eigenvalue weighted by Gasteiger charge is -2.06. The first-order chi connectivity index (χ1) is 9.63. The van der Waals surface area contributed by atoms with E-state index >= 15 is 0 Å². The van der Waals surface area contributed by atoms with Gasteiger partial charge in [0.25, 0.3) is 0 Å². The zero-order valence-corrected chi connectivity index (χ0v) is 12.4. The van der Waals surface area contributed by atoms with Crippen LogP contribution in [-0.2, 0) is 13.6 Å². The SMILES string of the molecule is Cn1c(CNc2cccc(Cl)c2)nc2cc(Cl)ccc21. The summed E-state index contributed by atoms with van der Waals surface area (Å²) in [5.41, 5.74) is 2.95. The molecular formula is C15H13Cl2N3. The van der Waals surface area contributed by atoms with Gasteiger partial charge in [-0.2, -0.15) is 0 Å². The average Bonchev–Trinajstić information content (AvgIpc) is 2.72. The van der Waals surface area contributed by atoms with E-state index in [-0.39, 0.29) is 0 Å². The zero-order chi connectivity index (χ0) is 14.1. The number of aromatic nitrogens is 2. The quantitative estimate of drug-likeness (QED) is 0.772. The van der Waals surface area contributed by atoms with Crippen molar-refractivity contribution in [3.05, 3.63) is 58.3 Å². The zero-order valence-electron chi connectivity index (χ0n) is 10.9. The summed E-state index contributed by atoms with van der Waals surface area (Å²) >= 11 is 12.0. The Morgan fingerprint density at radius 2 is 1.90 bits per heavy atom. The molecule has 1 heterocycles. The van der Waals surface area contributed by atoms with Gasteiger partial charge in [-0.05, 0) is 36.4 Å². The first kappa shape index (κ1) is 13.3. The summed E-state index contributed by atoms with van der Waals surface area (Å²) in [6, 6.07) is 13.4. The van der Waals surface area contributed by atoms with E-state index in [2.05, 4.69) is 14.9 Å². The van der Waals surface area contributed by atoms with E-state index in [4.69, 9.17) is 23.2 Å². The van der Waals surface area contributed by atoms with Gasteiger partial charge in [0, 0.05) is 22.8 Å². The lowest BCUT2D eigenvalue weighted by Crippen LogP contribution is -2.05. The Bertz CT molecular complexity index is 765. The fourth-order valence-corrected chi connectivity index (χ4v) is 2.52. The van der Waals surface area contributed by atoms with Gasteiger partial charge in [0.15, 0.2) is 0 Å². The van der Waals surface area contributed by atoms with Crippen molar-refractivity contribution in [1.82, 2.24) is 9.55 Å². The number of nitrogens with zero attached hydrogens (tertiary/aromatic N) is 2. The average molecular weight is 306 g/mol. The fourth-order valence-electron chi connectivity index (χ4n) is 2.16. The lowest BCUT2D eigenvalue weighted by atomic mass is 10.3. The van der Waals surface area contributed by atoms with Gasteiger partial charge in [0.2, 0.25) is 0 Å². The van der Waals surface area contributed by atoms with Crippen LogP contribution in [-0.4, -0.2) is 9.55 Å². The number of aryl methyl sites for hydroxylation is 1. The Balaban J connectivity index is 1.86. The molecule has 2 aromatic carbocycles. The predicted octanol–water partition coefficient (Wildman–Crippen LogP) is 4.49. The van der Waals surface area contributed by atoms with Gasteiger partial charge in [-0.15, -0.1) is 0 Å². The third-order valence-electron chi connectivity index (χ3n) is 3.21. The molecule has 0 aliphatic rings. The summed E-state index contributed by atoms with van der Waals surface area (Å²) in [5, 5.41) is 4.73. The predicted molar refractivity (Wildman–Crippen MR) is 84.5 cm³/mol. The van der Waals surface area contributed by atoms with Crippen LogP contribution in [0.4, 0.5) is 5.69 Å². The molecular weight excluding hydrogens is 293 g/mol. The van der Waals surface area contributed by atoms with Crippen molar-refractivity contribution in [1.29, 1.82) is 0 Å². The van der Waals surface area contributed by atoms with Crippen molar-refractivity contribution in [2.75, 3.05) is 5.32 Å². The topological polar surface area (TPSA) is 29.9 Å². The van der Waals surface area contributed by atoms with Crippen LogP contribution in [0.5, 0.6) is 0 Å². The molecule has 20 heavy (non-hydrogen) atoms. The van der Waals surface area contributed by atoms with E-state index in [0.717, 1.165) is 22.5 Å². The first-order valence-electron chi connectivity index (χ1n) is 6.24. The van der Waals surface area contributed by atoms with E-state index < -0.39 is 0 Å². The molecule has 3 rings (SSSR count). The van der Waals surface area contributed by atoms with Gasteiger partial charge in [-0.3, -0.25) is 0 Å². The third kappa shape index (κ3) is 2.60. The molecule has 3 nitrogen and oxygen atoms in total. The van der Waals surface area contributed by atoms with Crippen LogP contribution in [0.1, 0.15) is 5.82 Å². The maximum atomic E-state index is 5.99. The minimum absolute atomic E-state index is 0.628. The van der Waals surface area contributed by atoms with E-state index in [1.807, 2.05) is 49.5 Å². The molecule has 0 unspecified atom stereocenters. The minimum Gasteiger partial charge on any atom is -0.378 e. The summed E-state index contributed by atoms with van der Waals surface area (Å²) in [7, 11) is 2.00. The Labute approximate surface area is 127 Å². The second kappa shape index (κ2) is 5.35. The molecule has 0 saturated carbocycles. The highest BCUT2D eigenvalue weighted by molar-refractivity contribution is 6.31. The van der Waals surface area contributed by atoms with Crippen LogP contribution in [0.2, 0.25) is 10.0 Å². The van der Waals surface area contributed by atoms with E-state index in [1.54, 1.807) is 0 Å². The number of hydrogen-bond acceptors (Lipinski definition) is 2. The van der Waals surface area contributed by atoms with Crippen molar-refractivity contribution in [3.63, 3.8) is 0 Å². The largest absolute Gasteiger partial charge is 0.378 e. The highest BCUT2D eigenvalue weighted by atomic mass is 35.5. The Kier molecular flexibility index (Phi) is 3.55. The number of benzene rings is 2. The van der Waals surface area contributed by atoms with Crippen LogP contribution in [0.15, 0.2) is 42.5 Å². The number of anilines is 1. The van der Waals surface area contributed by atoms with Gasteiger partial charge in [0.1, 0.15) is 5.82 Å². The second-order valence-corrected chi connectivity index (χ2v) is 5.46. The Morgan fingerprint density at radius 1 is 1.10 bits per heavy atom. The highest BCUT2D eigenvalue weighted by Crippen LogP contribution is 2.21. The fraction of sp³-hybridized carbons (Fsp3) is 0.133. The van der Waals surface area contributed by atoms with Gasteiger partial charge in [0.05, 0.1) is 17.6 Å². The van der Waals surface area contributed by atoms with E-state index in [9.17, 15) is 0 Å². The number of nitrogens with one attached hydrogen (secondary N) is 1. The Morgan fingerprint density at radius 3 is 2.70 bits per heavy atom. The van der Waals surface area contributed by atoms with E-state index in [0.29, 0.717) is 16.6 Å². The van der Waals surface area contributed by atoms with Crippen molar-refractivity contribution >= 4 is 39.9 Å². The summed E-state index contributed by atoms with van der Waals surface area (Å²) in [4.78, 5) is 4.59. The molecule has 0 fully saturated rings. The van der Waals surface area contributed by atoms with Crippen LogP contribution in [0.3, 0.4) is 0 Å². The normalized spacial score (nSPS) is 10.9. The highest BCUT2D eigenvalue weighted by Gasteiger charge is 2.07.